The summed E-state index contributed by atoms with van der Waals surface area (Å²) >= 11 is 0. The largest absolute Gasteiger partial charge is 0.446 e. The zero-order valence-corrected chi connectivity index (χ0v) is 11.2. The number of anilines is 1. The molecule has 0 bridgehead atoms. The summed E-state index contributed by atoms with van der Waals surface area (Å²) in [6.45, 7) is 9.38. The van der Waals surface area contributed by atoms with E-state index in [0.717, 1.165) is 31.9 Å². The lowest BCUT2D eigenvalue weighted by Crippen LogP contribution is -2.58. The number of nitrogens with one attached hydrogen (secondary N) is 2. The third kappa shape index (κ3) is 2.73. The van der Waals surface area contributed by atoms with Gasteiger partial charge in [0.2, 0.25) is 5.91 Å². The molecule has 0 atom stereocenters. The quantitative estimate of drug-likeness (QED) is 0.848. The minimum Gasteiger partial charge on any atom is -0.446 e. The third-order valence-corrected chi connectivity index (χ3v) is 3.44. The molecule has 1 aliphatic rings. The maximum Gasteiger partial charge on any atom is 0.246 e. The van der Waals surface area contributed by atoms with Gasteiger partial charge in [-0.15, -0.1) is 0 Å². The van der Waals surface area contributed by atoms with Crippen molar-refractivity contribution in [3.8, 4) is 0 Å². The predicted molar refractivity (Wildman–Crippen MR) is 70.6 cm³/mol. The normalized spacial score (nSPS) is 17.7. The van der Waals surface area contributed by atoms with Crippen LogP contribution < -0.4 is 10.6 Å². The van der Waals surface area contributed by atoms with Crippen molar-refractivity contribution < 1.29 is 9.21 Å². The average Bonchev–Trinajstić information content (AvgIpc) is 2.76. The van der Waals surface area contributed by atoms with Crippen molar-refractivity contribution in [3.63, 3.8) is 0 Å². The highest BCUT2D eigenvalue weighted by molar-refractivity contribution is 5.96. The van der Waals surface area contributed by atoms with Gasteiger partial charge in [-0.2, -0.15) is 0 Å². The van der Waals surface area contributed by atoms with Gasteiger partial charge in [-0.1, -0.05) is 0 Å². The summed E-state index contributed by atoms with van der Waals surface area (Å²) < 4.78 is 5.37. The molecule has 0 unspecified atom stereocenters. The van der Waals surface area contributed by atoms with E-state index in [1.165, 1.54) is 0 Å². The molecule has 5 nitrogen and oxygen atoms in total. The van der Waals surface area contributed by atoms with E-state index >= 15 is 0 Å². The average molecular weight is 251 g/mol. The monoisotopic (exact) mass is 251 g/mol. The van der Waals surface area contributed by atoms with E-state index in [4.69, 9.17) is 4.42 Å². The van der Waals surface area contributed by atoms with Crippen LogP contribution in [-0.4, -0.2) is 42.5 Å². The SMILES string of the molecule is Cc1ccc(NC(=O)C(C)(C)N2CCNCC2)o1. The molecule has 0 spiro atoms. The Hall–Kier alpha value is -1.33. The fourth-order valence-electron chi connectivity index (χ4n) is 2.13. The smallest absolute Gasteiger partial charge is 0.246 e. The Kier molecular flexibility index (Phi) is 3.73. The first-order valence-electron chi connectivity index (χ1n) is 6.34. The summed E-state index contributed by atoms with van der Waals surface area (Å²) in [5.74, 6) is 1.28. The zero-order valence-electron chi connectivity index (χ0n) is 11.2. The molecule has 0 radical (unpaired) electrons. The van der Waals surface area contributed by atoms with Crippen LogP contribution in [0.1, 0.15) is 19.6 Å². The maximum atomic E-state index is 12.3. The molecule has 0 aliphatic carbocycles. The van der Waals surface area contributed by atoms with Crippen molar-refractivity contribution in [2.24, 2.45) is 0 Å². The van der Waals surface area contributed by atoms with Crippen LogP contribution in [0, 0.1) is 6.92 Å². The Bertz CT molecular complexity index is 420. The van der Waals surface area contributed by atoms with E-state index in [-0.39, 0.29) is 5.91 Å². The Morgan fingerprint density at radius 2 is 2.06 bits per heavy atom. The molecule has 1 amide bonds. The topological polar surface area (TPSA) is 57.5 Å². The van der Waals surface area contributed by atoms with E-state index in [1.807, 2.05) is 26.8 Å². The molecular weight excluding hydrogens is 230 g/mol. The van der Waals surface area contributed by atoms with Crippen molar-refractivity contribution in [2.45, 2.75) is 26.3 Å². The lowest BCUT2D eigenvalue weighted by atomic mass is 10.0. The van der Waals surface area contributed by atoms with Crippen molar-refractivity contribution in [1.29, 1.82) is 0 Å². The molecule has 5 heteroatoms. The summed E-state index contributed by atoms with van der Waals surface area (Å²) in [5.41, 5.74) is -0.525. The number of furan rings is 1. The molecule has 2 rings (SSSR count). The van der Waals surface area contributed by atoms with E-state index in [1.54, 1.807) is 6.07 Å². The highest BCUT2D eigenvalue weighted by Gasteiger charge is 2.35. The van der Waals surface area contributed by atoms with Gasteiger partial charge >= 0.3 is 0 Å². The van der Waals surface area contributed by atoms with Crippen LogP contribution >= 0.6 is 0 Å². The summed E-state index contributed by atoms with van der Waals surface area (Å²) in [4.78, 5) is 14.5. The van der Waals surface area contributed by atoms with Gasteiger partial charge in [-0.05, 0) is 26.8 Å². The Morgan fingerprint density at radius 1 is 1.39 bits per heavy atom. The molecule has 1 aromatic rings. The first-order valence-corrected chi connectivity index (χ1v) is 6.34. The molecule has 100 valence electrons. The van der Waals surface area contributed by atoms with Gasteiger partial charge in [0.05, 0.1) is 5.54 Å². The molecule has 1 aliphatic heterocycles. The van der Waals surface area contributed by atoms with Crippen LogP contribution in [0.15, 0.2) is 16.5 Å². The van der Waals surface area contributed by atoms with Crippen molar-refractivity contribution >= 4 is 11.8 Å². The first-order chi connectivity index (χ1) is 8.50. The summed E-state index contributed by atoms with van der Waals surface area (Å²) in [6.07, 6.45) is 0. The fraction of sp³-hybridized carbons (Fsp3) is 0.615. The number of carbonyl (C=O) groups is 1. The molecular formula is C13H21N3O2. The highest BCUT2D eigenvalue weighted by atomic mass is 16.4. The number of hydrogen-bond donors (Lipinski definition) is 2. The highest BCUT2D eigenvalue weighted by Crippen LogP contribution is 2.19. The number of rotatable bonds is 3. The molecule has 1 aromatic heterocycles. The van der Waals surface area contributed by atoms with E-state index in [2.05, 4.69) is 15.5 Å². The maximum absolute atomic E-state index is 12.3. The minimum atomic E-state index is -0.525. The van der Waals surface area contributed by atoms with Gasteiger partial charge < -0.3 is 9.73 Å². The van der Waals surface area contributed by atoms with Gasteiger partial charge in [-0.25, -0.2) is 0 Å². The molecule has 1 fully saturated rings. The van der Waals surface area contributed by atoms with Crippen LogP contribution in [-0.2, 0) is 4.79 Å². The number of piperazine rings is 1. The molecule has 2 heterocycles. The lowest BCUT2D eigenvalue weighted by Gasteiger charge is -2.39. The number of amides is 1. The Balaban J connectivity index is 2.02. The van der Waals surface area contributed by atoms with Crippen LogP contribution in [0.25, 0.3) is 0 Å². The van der Waals surface area contributed by atoms with Crippen molar-refractivity contribution in [1.82, 2.24) is 10.2 Å². The van der Waals surface area contributed by atoms with Gasteiger partial charge in [-0.3, -0.25) is 15.0 Å². The summed E-state index contributed by atoms with van der Waals surface area (Å²) in [5, 5.41) is 6.12. The fourth-order valence-corrected chi connectivity index (χ4v) is 2.13. The lowest BCUT2D eigenvalue weighted by molar-refractivity contribution is -0.126. The van der Waals surface area contributed by atoms with Crippen molar-refractivity contribution in [3.05, 3.63) is 17.9 Å². The van der Waals surface area contributed by atoms with Crippen LogP contribution in [0.4, 0.5) is 5.88 Å². The van der Waals surface area contributed by atoms with Gasteiger partial charge in [0.1, 0.15) is 5.76 Å². The number of nitrogens with zero attached hydrogens (tertiary/aromatic N) is 1. The minimum absolute atomic E-state index is 0.0289. The van der Waals surface area contributed by atoms with Gasteiger partial charge in [0.15, 0.2) is 5.88 Å². The van der Waals surface area contributed by atoms with E-state index in [0.29, 0.717) is 5.88 Å². The van der Waals surface area contributed by atoms with E-state index < -0.39 is 5.54 Å². The number of carbonyl (C=O) groups excluding carboxylic acids is 1. The van der Waals surface area contributed by atoms with Crippen molar-refractivity contribution in [2.75, 3.05) is 31.5 Å². The van der Waals surface area contributed by atoms with Gasteiger partial charge in [0, 0.05) is 32.2 Å². The summed E-state index contributed by atoms with van der Waals surface area (Å²) in [6, 6.07) is 3.62. The van der Waals surface area contributed by atoms with Crippen LogP contribution in [0.2, 0.25) is 0 Å². The number of aryl methyl sites for hydroxylation is 1. The molecule has 18 heavy (non-hydrogen) atoms. The molecule has 1 saturated heterocycles. The zero-order chi connectivity index (χ0) is 13.2. The van der Waals surface area contributed by atoms with Gasteiger partial charge in [0.25, 0.3) is 0 Å². The Morgan fingerprint density at radius 3 is 2.61 bits per heavy atom. The molecule has 2 N–H and O–H groups in total. The second kappa shape index (κ2) is 5.12. The molecule has 0 saturated carbocycles. The second-order valence-electron chi connectivity index (χ2n) is 5.16. The van der Waals surface area contributed by atoms with Crippen LogP contribution in [0.5, 0.6) is 0 Å². The predicted octanol–water partition coefficient (Wildman–Crippen LogP) is 1.21. The number of hydrogen-bond acceptors (Lipinski definition) is 4. The second-order valence-corrected chi connectivity index (χ2v) is 5.16. The van der Waals surface area contributed by atoms with E-state index in [9.17, 15) is 4.79 Å². The summed E-state index contributed by atoms with van der Waals surface area (Å²) in [7, 11) is 0. The Labute approximate surface area is 108 Å². The standard InChI is InChI=1S/C13H21N3O2/c1-10-4-5-11(18-10)15-12(17)13(2,3)16-8-6-14-7-9-16/h4-5,14H,6-9H2,1-3H3,(H,15,17). The van der Waals surface area contributed by atoms with Crippen LogP contribution in [0.3, 0.4) is 0 Å². The first kappa shape index (κ1) is 13.1. The third-order valence-electron chi connectivity index (χ3n) is 3.44. The molecule has 0 aromatic carbocycles.